The smallest absolute Gasteiger partial charge is 0.384 e. The lowest BCUT2D eigenvalue weighted by Gasteiger charge is -2.36. The monoisotopic (exact) mass is 565 g/mol. The minimum Gasteiger partial charge on any atom is -0.384 e. The van der Waals surface area contributed by atoms with Crippen LogP contribution in [0.4, 0.5) is 13.2 Å². The summed E-state index contributed by atoms with van der Waals surface area (Å²) in [6, 6.07) is 12.1. The fraction of sp³-hybridized carbons (Fsp3) is 0.438. The molecule has 3 aromatic rings. The number of ketones is 1. The van der Waals surface area contributed by atoms with Gasteiger partial charge >= 0.3 is 6.18 Å². The summed E-state index contributed by atoms with van der Waals surface area (Å²) < 4.78 is 38.8. The van der Waals surface area contributed by atoms with E-state index in [1.807, 2.05) is 24.3 Å². The van der Waals surface area contributed by atoms with Gasteiger partial charge < -0.3 is 10.0 Å². The molecule has 41 heavy (non-hydrogen) atoms. The number of alkyl halides is 3. The molecule has 0 radical (unpaired) electrons. The SMILES string of the molecule is O=C(CCC(=O)N1CCC(CC2CCC(O)(c3ccc(-c4ccncc4)cn3)CC2)C1)c1cccc(C(F)(F)F)c1. The van der Waals surface area contributed by atoms with E-state index in [9.17, 15) is 27.9 Å². The van der Waals surface area contributed by atoms with Gasteiger partial charge in [-0.05, 0) is 86.3 Å². The molecule has 1 amide bonds. The Morgan fingerprint density at radius 3 is 2.39 bits per heavy atom. The van der Waals surface area contributed by atoms with Crippen molar-refractivity contribution < 1.29 is 27.9 Å². The molecule has 2 aliphatic rings. The highest BCUT2D eigenvalue weighted by atomic mass is 19.4. The first-order valence-corrected chi connectivity index (χ1v) is 14.2. The van der Waals surface area contributed by atoms with E-state index in [1.54, 1.807) is 23.5 Å². The third-order valence-electron chi connectivity index (χ3n) is 8.57. The van der Waals surface area contributed by atoms with Crippen molar-refractivity contribution in [1.29, 1.82) is 0 Å². The van der Waals surface area contributed by atoms with Crippen molar-refractivity contribution in [3.05, 3.63) is 83.9 Å². The average Bonchev–Trinajstić information content (AvgIpc) is 3.46. The van der Waals surface area contributed by atoms with E-state index in [2.05, 4.69) is 9.97 Å². The third kappa shape index (κ3) is 7.01. The highest BCUT2D eigenvalue weighted by Gasteiger charge is 2.38. The number of halogens is 3. The number of nitrogens with zero attached hydrogens (tertiary/aromatic N) is 3. The van der Waals surface area contributed by atoms with Crippen molar-refractivity contribution in [2.45, 2.75) is 63.1 Å². The molecule has 3 heterocycles. The van der Waals surface area contributed by atoms with Crippen molar-refractivity contribution in [3.63, 3.8) is 0 Å². The number of carbonyl (C=O) groups excluding carboxylic acids is 2. The molecule has 1 aliphatic carbocycles. The number of amides is 1. The summed E-state index contributed by atoms with van der Waals surface area (Å²) in [4.78, 5) is 35.6. The van der Waals surface area contributed by atoms with Crippen molar-refractivity contribution in [2.24, 2.45) is 11.8 Å². The van der Waals surface area contributed by atoms with Crippen LogP contribution in [0.25, 0.3) is 11.1 Å². The maximum absolute atomic E-state index is 12.9. The van der Waals surface area contributed by atoms with Gasteiger partial charge in [-0.3, -0.25) is 19.6 Å². The third-order valence-corrected chi connectivity index (χ3v) is 8.57. The number of hydrogen-bond acceptors (Lipinski definition) is 5. The van der Waals surface area contributed by atoms with Crippen molar-refractivity contribution in [2.75, 3.05) is 13.1 Å². The van der Waals surface area contributed by atoms with Gasteiger partial charge in [0.15, 0.2) is 5.78 Å². The van der Waals surface area contributed by atoms with Crippen LogP contribution < -0.4 is 0 Å². The second kappa shape index (κ2) is 12.1. The first-order valence-electron chi connectivity index (χ1n) is 14.2. The van der Waals surface area contributed by atoms with Crippen LogP contribution in [0.3, 0.4) is 0 Å². The lowest BCUT2D eigenvalue weighted by molar-refractivity contribution is -0.137. The molecule has 0 bridgehead atoms. The zero-order chi connectivity index (χ0) is 29.0. The van der Waals surface area contributed by atoms with Gasteiger partial charge in [0.25, 0.3) is 0 Å². The minimum absolute atomic E-state index is 0.00872. The van der Waals surface area contributed by atoms with Crippen molar-refractivity contribution in [1.82, 2.24) is 14.9 Å². The highest BCUT2D eigenvalue weighted by Crippen LogP contribution is 2.42. The van der Waals surface area contributed by atoms with Crippen molar-refractivity contribution >= 4 is 11.7 Å². The summed E-state index contributed by atoms with van der Waals surface area (Å²) >= 11 is 0. The Bertz CT molecular complexity index is 1350. The molecule has 1 unspecified atom stereocenters. The molecule has 1 N–H and O–H groups in total. The first-order chi connectivity index (χ1) is 19.6. The molecule has 1 atom stereocenters. The summed E-state index contributed by atoms with van der Waals surface area (Å²) in [5, 5.41) is 11.3. The average molecular weight is 566 g/mol. The maximum Gasteiger partial charge on any atom is 0.416 e. The van der Waals surface area contributed by atoms with Crippen LogP contribution in [0.15, 0.2) is 67.1 Å². The quantitative estimate of drug-likeness (QED) is 0.318. The Balaban J connectivity index is 1.06. The van der Waals surface area contributed by atoms with Crippen LogP contribution in [0, 0.1) is 11.8 Å². The molecule has 2 aromatic heterocycles. The molecule has 1 saturated carbocycles. The maximum atomic E-state index is 12.9. The molecule has 0 spiro atoms. The van der Waals surface area contributed by atoms with Gasteiger partial charge in [-0.15, -0.1) is 0 Å². The molecule has 6 nitrogen and oxygen atoms in total. The number of pyridine rings is 2. The molecule has 1 saturated heterocycles. The summed E-state index contributed by atoms with van der Waals surface area (Å²) in [6.07, 6.45) is 5.59. The van der Waals surface area contributed by atoms with Crippen LogP contribution >= 0.6 is 0 Å². The number of benzene rings is 1. The number of aromatic nitrogens is 2. The number of rotatable bonds is 8. The molecule has 5 rings (SSSR count). The number of Topliss-reactive ketones (excluding diaryl/α,β-unsaturated/α-hetero) is 1. The van der Waals surface area contributed by atoms with E-state index in [1.165, 1.54) is 12.1 Å². The van der Waals surface area contributed by atoms with Gasteiger partial charge in [-0.1, -0.05) is 18.2 Å². The Hall–Kier alpha value is -3.59. The lowest BCUT2D eigenvalue weighted by atomic mass is 9.74. The number of carbonyl (C=O) groups is 2. The summed E-state index contributed by atoms with van der Waals surface area (Å²) in [5.74, 6) is 0.240. The zero-order valence-corrected chi connectivity index (χ0v) is 22.8. The van der Waals surface area contributed by atoms with Gasteiger partial charge in [0.2, 0.25) is 5.91 Å². The Labute approximate surface area is 237 Å². The van der Waals surface area contributed by atoms with Gasteiger partial charge in [-0.2, -0.15) is 13.2 Å². The molecule has 1 aliphatic heterocycles. The number of likely N-dealkylation sites (tertiary alicyclic amines) is 1. The topological polar surface area (TPSA) is 83.4 Å². The van der Waals surface area contributed by atoms with Crippen LogP contribution in [0.1, 0.15) is 73.0 Å². The fourth-order valence-corrected chi connectivity index (χ4v) is 6.15. The zero-order valence-electron chi connectivity index (χ0n) is 22.8. The van der Waals surface area contributed by atoms with Crippen LogP contribution in [-0.2, 0) is 16.6 Å². The van der Waals surface area contributed by atoms with Gasteiger partial charge in [0.1, 0.15) is 5.60 Å². The summed E-state index contributed by atoms with van der Waals surface area (Å²) in [5.41, 5.74) is 0.885. The fourth-order valence-electron chi connectivity index (χ4n) is 6.15. The molecule has 2 fully saturated rings. The summed E-state index contributed by atoms with van der Waals surface area (Å²) in [7, 11) is 0. The number of hydrogen-bond donors (Lipinski definition) is 1. The van der Waals surface area contributed by atoms with Gasteiger partial charge in [0.05, 0.1) is 11.3 Å². The largest absolute Gasteiger partial charge is 0.416 e. The normalized spacial score (nSPS) is 23.0. The lowest BCUT2D eigenvalue weighted by Crippen LogP contribution is -2.33. The van der Waals surface area contributed by atoms with Crippen molar-refractivity contribution in [3.8, 4) is 11.1 Å². The molecular weight excluding hydrogens is 531 g/mol. The summed E-state index contributed by atoms with van der Waals surface area (Å²) in [6.45, 7) is 1.26. The molecule has 1 aromatic carbocycles. The van der Waals surface area contributed by atoms with E-state index in [-0.39, 0.29) is 24.3 Å². The second-order valence-corrected chi connectivity index (χ2v) is 11.4. The Kier molecular flexibility index (Phi) is 8.54. The highest BCUT2D eigenvalue weighted by molar-refractivity contribution is 5.98. The second-order valence-electron chi connectivity index (χ2n) is 11.4. The van der Waals surface area contributed by atoms with Crippen LogP contribution in [0.5, 0.6) is 0 Å². The van der Waals surface area contributed by atoms with E-state index in [0.717, 1.165) is 48.9 Å². The molecule has 216 valence electrons. The predicted octanol–water partition coefficient (Wildman–Crippen LogP) is 6.44. The van der Waals surface area contributed by atoms with E-state index >= 15 is 0 Å². The van der Waals surface area contributed by atoms with Gasteiger partial charge in [0, 0.05) is 55.6 Å². The van der Waals surface area contributed by atoms with Crippen LogP contribution in [0.2, 0.25) is 0 Å². The first kappa shape index (κ1) is 28.9. The van der Waals surface area contributed by atoms with Gasteiger partial charge in [-0.25, -0.2) is 0 Å². The minimum atomic E-state index is -4.52. The van der Waals surface area contributed by atoms with Crippen LogP contribution in [-0.4, -0.2) is 44.8 Å². The standard InChI is InChI=1S/C32H34F3N3O3/c33-32(34,35)27-3-1-2-25(19-27)28(39)5-7-30(40)38-17-12-23(21-38)18-22-8-13-31(41,14-9-22)29-6-4-26(20-37-29)24-10-15-36-16-11-24/h1-4,6,10-11,15-16,19-20,22-23,41H,5,7-9,12-14,17-18,21H2. The van der Waals surface area contributed by atoms with E-state index < -0.39 is 23.1 Å². The van der Waals surface area contributed by atoms with E-state index in [0.29, 0.717) is 43.5 Å². The Morgan fingerprint density at radius 2 is 1.71 bits per heavy atom. The predicted molar refractivity (Wildman–Crippen MR) is 148 cm³/mol. The molecular formula is C32H34F3N3O3. The molecule has 9 heteroatoms. The number of aliphatic hydroxyl groups is 1. The van der Waals surface area contributed by atoms with E-state index in [4.69, 9.17) is 0 Å². The Morgan fingerprint density at radius 1 is 0.951 bits per heavy atom.